The topological polar surface area (TPSA) is 0 Å². The molecule has 0 atom stereocenters. The van der Waals surface area contributed by atoms with Crippen LogP contribution < -0.4 is 0 Å². The molecule has 1 aromatic carbocycles. The molecule has 0 fully saturated rings. The van der Waals surface area contributed by atoms with Gasteiger partial charge in [0.05, 0.1) is 16.5 Å². The summed E-state index contributed by atoms with van der Waals surface area (Å²) in [5, 5.41) is -0.358. The van der Waals surface area contributed by atoms with E-state index in [9.17, 15) is 13.2 Å². The van der Waals surface area contributed by atoms with Gasteiger partial charge in [0, 0.05) is 5.56 Å². The highest BCUT2D eigenvalue weighted by atomic mass is 35.5. The Labute approximate surface area is 95.0 Å². The van der Waals surface area contributed by atoms with E-state index < -0.39 is 11.7 Å². The fourth-order valence-electron chi connectivity index (χ4n) is 0.958. The molecule has 0 aliphatic carbocycles. The molecule has 0 aliphatic heterocycles. The minimum atomic E-state index is -4.43. The van der Waals surface area contributed by atoms with Gasteiger partial charge in [-0.05, 0) is 18.2 Å². The van der Waals surface area contributed by atoms with Crippen LogP contribution in [-0.4, -0.2) is 5.88 Å². The second kappa shape index (κ2) is 4.78. The summed E-state index contributed by atoms with van der Waals surface area (Å²) in [6.45, 7) is 0. The van der Waals surface area contributed by atoms with Crippen molar-refractivity contribution in [2.24, 2.45) is 0 Å². The largest absolute Gasteiger partial charge is 0.417 e. The molecule has 0 aliphatic rings. The number of hydrogen-bond donors (Lipinski definition) is 0. The molecule has 1 rings (SSSR count). The van der Waals surface area contributed by atoms with Crippen molar-refractivity contribution in [1.82, 2.24) is 0 Å². The lowest BCUT2D eigenvalue weighted by Crippen LogP contribution is -2.05. The summed E-state index contributed by atoms with van der Waals surface area (Å²) in [5.74, 6) is 5.23. The molecular formula is C10H5Cl2F3. The molecule has 80 valence electrons. The number of hydrogen-bond acceptors (Lipinski definition) is 0. The summed E-state index contributed by atoms with van der Waals surface area (Å²) in [4.78, 5) is 0. The number of benzene rings is 1. The zero-order chi connectivity index (χ0) is 11.5. The first-order valence-corrected chi connectivity index (χ1v) is 4.78. The predicted octanol–water partition coefficient (Wildman–Crippen LogP) is 3.95. The Hall–Kier alpha value is -0.850. The van der Waals surface area contributed by atoms with E-state index in [2.05, 4.69) is 11.8 Å². The Morgan fingerprint density at radius 3 is 2.40 bits per heavy atom. The molecule has 15 heavy (non-hydrogen) atoms. The Morgan fingerprint density at radius 1 is 1.27 bits per heavy atom. The van der Waals surface area contributed by atoms with Crippen molar-refractivity contribution in [1.29, 1.82) is 0 Å². The maximum atomic E-state index is 12.3. The van der Waals surface area contributed by atoms with E-state index in [1.807, 2.05) is 0 Å². The van der Waals surface area contributed by atoms with Crippen LogP contribution in [0.4, 0.5) is 13.2 Å². The first kappa shape index (κ1) is 12.2. The molecule has 0 amide bonds. The monoisotopic (exact) mass is 252 g/mol. The molecule has 0 saturated heterocycles. The molecule has 0 bridgehead atoms. The molecule has 0 nitrogen and oxygen atoms in total. The van der Waals surface area contributed by atoms with Crippen LogP contribution in [0, 0.1) is 11.8 Å². The average Bonchev–Trinajstić information content (AvgIpc) is 2.12. The maximum Gasteiger partial charge on any atom is 0.417 e. The quantitative estimate of drug-likeness (QED) is 0.485. The van der Waals surface area contributed by atoms with E-state index in [0.717, 1.165) is 6.07 Å². The number of alkyl halides is 4. The fourth-order valence-corrected chi connectivity index (χ4v) is 1.31. The summed E-state index contributed by atoms with van der Waals surface area (Å²) >= 11 is 10.8. The zero-order valence-electron chi connectivity index (χ0n) is 7.33. The molecule has 0 unspecified atom stereocenters. The molecule has 5 heteroatoms. The van der Waals surface area contributed by atoms with Gasteiger partial charge in [-0.1, -0.05) is 23.4 Å². The van der Waals surface area contributed by atoms with Crippen LogP contribution in [0.5, 0.6) is 0 Å². The van der Waals surface area contributed by atoms with E-state index in [1.165, 1.54) is 12.1 Å². The molecular weight excluding hydrogens is 248 g/mol. The second-order valence-corrected chi connectivity index (χ2v) is 3.30. The van der Waals surface area contributed by atoms with Crippen molar-refractivity contribution in [2.75, 3.05) is 5.88 Å². The normalized spacial score (nSPS) is 10.7. The van der Waals surface area contributed by atoms with E-state index >= 15 is 0 Å². The van der Waals surface area contributed by atoms with Gasteiger partial charge in [0.1, 0.15) is 0 Å². The molecule has 1 aromatic rings. The van der Waals surface area contributed by atoms with Gasteiger partial charge < -0.3 is 0 Å². The van der Waals surface area contributed by atoms with Gasteiger partial charge in [-0.3, -0.25) is 0 Å². The SMILES string of the molecule is FC(F)(F)c1ccc(C#CCCl)cc1Cl. The van der Waals surface area contributed by atoms with Crippen LogP contribution in [0.1, 0.15) is 11.1 Å². The zero-order valence-corrected chi connectivity index (χ0v) is 8.84. The van der Waals surface area contributed by atoms with Crippen LogP contribution in [0.15, 0.2) is 18.2 Å². The van der Waals surface area contributed by atoms with Gasteiger partial charge in [0.15, 0.2) is 0 Å². The molecule has 0 radical (unpaired) electrons. The predicted molar refractivity (Wildman–Crippen MR) is 54.1 cm³/mol. The summed E-state index contributed by atoms with van der Waals surface area (Å²) in [7, 11) is 0. The Morgan fingerprint density at radius 2 is 1.93 bits per heavy atom. The molecule has 0 N–H and O–H groups in total. The maximum absolute atomic E-state index is 12.3. The highest BCUT2D eigenvalue weighted by Crippen LogP contribution is 2.34. The van der Waals surface area contributed by atoms with Gasteiger partial charge in [0.2, 0.25) is 0 Å². The van der Waals surface area contributed by atoms with Crippen molar-refractivity contribution in [2.45, 2.75) is 6.18 Å². The third-order valence-electron chi connectivity index (χ3n) is 1.57. The van der Waals surface area contributed by atoms with Crippen molar-refractivity contribution in [3.63, 3.8) is 0 Å². The van der Waals surface area contributed by atoms with Gasteiger partial charge in [-0.25, -0.2) is 0 Å². The summed E-state index contributed by atoms with van der Waals surface area (Å²) in [5.41, 5.74) is -0.450. The van der Waals surface area contributed by atoms with Crippen molar-refractivity contribution in [3.8, 4) is 11.8 Å². The number of rotatable bonds is 0. The van der Waals surface area contributed by atoms with Crippen molar-refractivity contribution >= 4 is 23.2 Å². The van der Waals surface area contributed by atoms with E-state index in [4.69, 9.17) is 23.2 Å². The lowest BCUT2D eigenvalue weighted by atomic mass is 10.1. The summed E-state index contributed by atoms with van der Waals surface area (Å²) < 4.78 is 36.9. The minimum absolute atomic E-state index is 0.124. The molecule has 0 saturated carbocycles. The number of halogens is 5. The van der Waals surface area contributed by atoms with E-state index in [1.54, 1.807) is 0 Å². The van der Waals surface area contributed by atoms with E-state index in [0.29, 0.717) is 5.56 Å². The minimum Gasteiger partial charge on any atom is -0.166 e. The third kappa shape index (κ3) is 3.33. The standard InChI is InChI=1S/C10H5Cl2F3/c11-5-1-2-7-3-4-8(9(12)6-7)10(13,14)15/h3-4,6H,5H2. The smallest absolute Gasteiger partial charge is 0.166 e. The van der Waals surface area contributed by atoms with Gasteiger partial charge >= 0.3 is 6.18 Å². The summed E-state index contributed by atoms with van der Waals surface area (Å²) in [6.07, 6.45) is -4.43. The molecule has 0 aromatic heterocycles. The van der Waals surface area contributed by atoms with Gasteiger partial charge in [-0.15, -0.1) is 11.6 Å². The molecule has 0 spiro atoms. The fraction of sp³-hybridized carbons (Fsp3) is 0.200. The Balaban J connectivity index is 3.09. The average molecular weight is 253 g/mol. The van der Waals surface area contributed by atoms with Crippen LogP contribution in [-0.2, 0) is 6.18 Å². The second-order valence-electron chi connectivity index (χ2n) is 2.63. The molecule has 0 heterocycles. The Kier molecular flexibility index (Phi) is 3.90. The van der Waals surface area contributed by atoms with Crippen molar-refractivity contribution < 1.29 is 13.2 Å². The lowest BCUT2D eigenvalue weighted by molar-refractivity contribution is -0.137. The van der Waals surface area contributed by atoms with Gasteiger partial charge in [0.25, 0.3) is 0 Å². The van der Waals surface area contributed by atoms with Gasteiger partial charge in [-0.2, -0.15) is 13.2 Å². The summed E-state index contributed by atoms with van der Waals surface area (Å²) in [6, 6.07) is 3.33. The van der Waals surface area contributed by atoms with Crippen LogP contribution >= 0.6 is 23.2 Å². The lowest BCUT2D eigenvalue weighted by Gasteiger charge is -2.08. The van der Waals surface area contributed by atoms with Crippen LogP contribution in [0.25, 0.3) is 0 Å². The van der Waals surface area contributed by atoms with Crippen LogP contribution in [0.2, 0.25) is 5.02 Å². The third-order valence-corrected chi connectivity index (χ3v) is 2.02. The van der Waals surface area contributed by atoms with E-state index in [-0.39, 0.29) is 10.9 Å². The first-order valence-electron chi connectivity index (χ1n) is 3.86. The Bertz CT molecular complexity index is 413. The first-order chi connectivity index (χ1) is 6.95. The van der Waals surface area contributed by atoms with Crippen LogP contribution in [0.3, 0.4) is 0 Å². The van der Waals surface area contributed by atoms with Crippen molar-refractivity contribution in [3.05, 3.63) is 34.3 Å². The highest BCUT2D eigenvalue weighted by molar-refractivity contribution is 6.31. The highest BCUT2D eigenvalue weighted by Gasteiger charge is 2.32.